The maximum Gasteiger partial charge on any atom is 0.142 e. The molecule has 1 aromatic rings. The van der Waals surface area contributed by atoms with Crippen molar-refractivity contribution < 1.29 is 13.9 Å². The maximum absolute atomic E-state index is 13.6. The maximum atomic E-state index is 13.6. The molecule has 0 saturated carbocycles. The van der Waals surface area contributed by atoms with Crippen LogP contribution in [0.5, 0.6) is 5.75 Å². The number of benzene rings is 1. The molecule has 0 unspecified atom stereocenters. The number of ether oxygens (including phenoxy) is 2. The Bertz CT molecular complexity index is 463. The fourth-order valence-corrected chi connectivity index (χ4v) is 1.47. The number of hydrogen-bond donors (Lipinski definition) is 1. The molecule has 0 aromatic heterocycles. The molecule has 1 aromatic carbocycles. The summed E-state index contributed by atoms with van der Waals surface area (Å²) in [5, 5.41) is 0. The van der Waals surface area contributed by atoms with Gasteiger partial charge in [-0.3, -0.25) is 0 Å². The van der Waals surface area contributed by atoms with Crippen molar-refractivity contribution in [3.63, 3.8) is 0 Å². The van der Waals surface area contributed by atoms with E-state index in [0.717, 1.165) is 13.0 Å². The van der Waals surface area contributed by atoms with Gasteiger partial charge in [-0.1, -0.05) is 25.7 Å². The van der Waals surface area contributed by atoms with Crippen molar-refractivity contribution in [3.8, 4) is 17.6 Å². The van der Waals surface area contributed by atoms with E-state index >= 15 is 0 Å². The van der Waals surface area contributed by atoms with Crippen LogP contribution in [-0.4, -0.2) is 26.4 Å². The molecule has 0 fully saturated rings. The van der Waals surface area contributed by atoms with Gasteiger partial charge in [0.05, 0.1) is 18.7 Å². The SMILES string of the molecule is CC(C)CCOCCOc1ccc(C#CCN)c(F)c1. The van der Waals surface area contributed by atoms with Crippen molar-refractivity contribution in [2.75, 3.05) is 26.4 Å². The van der Waals surface area contributed by atoms with Crippen LogP contribution in [0.4, 0.5) is 4.39 Å². The minimum atomic E-state index is -0.399. The zero-order chi connectivity index (χ0) is 14.8. The zero-order valence-electron chi connectivity index (χ0n) is 12.1. The third kappa shape index (κ3) is 6.55. The van der Waals surface area contributed by atoms with Gasteiger partial charge in [0.15, 0.2) is 0 Å². The van der Waals surface area contributed by atoms with Crippen LogP contribution in [0.25, 0.3) is 0 Å². The quantitative estimate of drug-likeness (QED) is 0.616. The summed E-state index contributed by atoms with van der Waals surface area (Å²) in [6.45, 7) is 6.15. The monoisotopic (exact) mass is 279 g/mol. The lowest BCUT2D eigenvalue weighted by molar-refractivity contribution is 0.0925. The third-order valence-corrected chi connectivity index (χ3v) is 2.60. The van der Waals surface area contributed by atoms with Gasteiger partial charge in [0, 0.05) is 12.7 Å². The molecule has 110 valence electrons. The molecule has 0 aliphatic carbocycles. The lowest BCUT2D eigenvalue weighted by Gasteiger charge is -2.08. The average molecular weight is 279 g/mol. The number of rotatable bonds is 7. The van der Waals surface area contributed by atoms with Crippen LogP contribution in [-0.2, 0) is 4.74 Å². The molecule has 0 amide bonds. The minimum Gasteiger partial charge on any atom is -0.491 e. The Balaban J connectivity index is 2.33. The van der Waals surface area contributed by atoms with E-state index in [1.54, 1.807) is 12.1 Å². The number of hydrogen-bond acceptors (Lipinski definition) is 3. The summed E-state index contributed by atoms with van der Waals surface area (Å²) >= 11 is 0. The van der Waals surface area contributed by atoms with Gasteiger partial charge in [-0.25, -0.2) is 4.39 Å². The van der Waals surface area contributed by atoms with Crippen molar-refractivity contribution in [2.24, 2.45) is 11.7 Å². The Labute approximate surface area is 120 Å². The molecule has 2 N–H and O–H groups in total. The fraction of sp³-hybridized carbons (Fsp3) is 0.500. The topological polar surface area (TPSA) is 44.5 Å². The van der Waals surface area contributed by atoms with Crippen LogP contribution in [0, 0.1) is 23.6 Å². The average Bonchev–Trinajstić information content (AvgIpc) is 2.41. The molecule has 0 heterocycles. The predicted octanol–water partition coefficient (Wildman–Crippen LogP) is 2.58. The molecular weight excluding hydrogens is 257 g/mol. The Kier molecular flexibility index (Phi) is 7.71. The summed E-state index contributed by atoms with van der Waals surface area (Å²) in [5.74, 6) is 5.99. The fourth-order valence-electron chi connectivity index (χ4n) is 1.47. The number of nitrogens with two attached hydrogens (primary N) is 1. The van der Waals surface area contributed by atoms with Crippen LogP contribution in [0.2, 0.25) is 0 Å². The van der Waals surface area contributed by atoms with Crippen molar-refractivity contribution in [1.29, 1.82) is 0 Å². The van der Waals surface area contributed by atoms with E-state index in [0.29, 0.717) is 30.4 Å². The van der Waals surface area contributed by atoms with E-state index in [1.165, 1.54) is 6.07 Å². The first-order chi connectivity index (χ1) is 9.63. The molecule has 0 radical (unpaired) electrons. The molecular formula is C16H22FNO2. The molecule has 20 heavy (non-hydrogen) atoms. The van der Waals surface area contributed by atoms with Gasteiger partial charge < -0.3 is 15.2 Å². The van der Waals surface area contributed by atoms with Crippen LogP contribution in [0.1, 0.15) is 25.8 Å². The molecule has 0 aliphatic rings. The first-order valence-corrected chi connectivity index (χ1v) is 6.82. The summed E-state index contributed by atoms with van der Waals surface area (Å²) in [6.07, 6.45) is 1.03. The van der Waals surface area contributed by atoms with Crippen molar-refractivity contribution in [3.05, 3.63) is 29.6 Å². The summed E-state index contributed by atoms with van der Waals surface area (Å²) in [7, 11) is 0. The highest BCUT2D eigenvalue weighted by atomic mass is 19.1. The molecule has 3 nitrogen and oxygen atoms in total. The van der Waals surface area contributed by atoms with E-state index in [9.17, 15) is 4.39 Å². The second-order valence-corrected chi connectivity index (χ2v) is 4.79. The molecule has 0 saturated heterocycles. The van der Waals surface area contributed by atoms with Gasteiger partial charge in [-0.05, 0) is 24.5 Å². The molecule has 1 rings (SSSR count). The lowest BCUT2D eigenvalue weighted by atomic mass is 10.1. The first-order valence-electron chi connectivity index (χ1n) is 6.82. The second-order valence-electron chi connectivity index (χ2n) is 4.79. The first kappa shape index (κ1) is 16.5. The van der Waals surface area contributed by atoms with E-state index in [2.05, 4.69) is 25.7 Å². The summed E-state index contributed by atoms with van der Waals surface area (Å²) in [6, 6.07) is 4.61. The van der Waals surface area contributed by atoms with Gasteiger partial charge >= 0.3 is 0 Å². The highest BCUT2D eigenvalue weighted by molar-refractivity contribution is 5.39. The zero-order valence-corrected chi connectivity index (χ0v) is 12.1. The van der Waals surface area contributed by atoms with Crippen LogP contribution >= 0.6 is 0 Å². The summed E-state index contributed by atoms with van der Waals surface area (Å²) in [5.41, 5.74) is 5.58. The normalized spacial score (nSPS) is 10.2. The molecule has 0 atom stereocenters. The number of halogens is 1. The lowest BCUT2D eigenvalue weighted by Crippen LogP contribution is -2.08. The third-order valence-electron chi connectivity index (χ3n) is 2.60. The van der Waals surface area contributed by atoms with E-state index in [1.807, 2.05) is 0 Å². The van der Waals surface area contributed by atoms with Gasteiger partial charge in [0.2, 0.25) is 0 Å². The standard InChI is InChI=1S/C16H22FNO2/c1-13(2)7-9-19-10-11-20-15-6-5-14(4-3-8-18)16(17)12-15/h5-6,12-13H,7-11,18H2,1-2H3. The van der Waals surface area contributed by atoms with Gasteiger partial charge in [0.25, 0.3) is 0 Å². The summed E-state index contributed by atoms with van der Waals surface area (Å²) in [4.78, 5) is 0. The Morgan fingerprint density at radius 3 is 2.70 bits per heavy atom. The van der Waals surface area contributed by atoms with E-state index < -0.39 is 5.82 Å². The smallest absolute Gasteiger partial charge is 0.142 e. The Hall–Kier alpha value is -1.57. The summed E-state index contributed by atoms with van der Waals surface area (Å²) < 4.78 is 24.5. The van der Waals surface area contributed by atoms with Gasteiger partial charge in [0.1, 0.15) is 18.2 Å². The van der Waals surface area contributed by atoms with Gasteiger partial charge in [-0.2, -0.15) is 0 Å². The molecule has 0 bridgehead atoms. The van der Waals surface area contributed by atoms with Crippen LogP contribution < -0.4 is 10.5 Å². The Morgan fingerprint density at radius 2 is 2.05 bits per heavy atom. The van der Waals surface area contributed by atoms with Crippen molar-refractivity contribution in [1.82, 2.24) is 0 Å². The van der Waals surface area contributed by atoms with E-state index in [4.69, 9.17) is 15.2 Å². The van der Waals surface area contributed by atoms with Gasteiger partial charge in [-0.15, -0.1) is 0 Å². The van der Waals surface area contributed by atoms with Crippen molar-refractivity contribution in [2.45, 2.75) is 20.3 Å². The Morgan fingerprint density at radius 1 is 1.25 bits per heavy atom. The minimum absolute atomic E-state index is 0.214. The molecule has 4 heteroatoms. The van der Waals surface area contributed by atoms with Crippen molar-refractivity contribution >= 4 is 0 Å². The molecule has 0 spiro atoms. The van der Waals surface area contributed by atoms with Crippen LogP contribution in [0.15, 0.2) is 18.2 Å². The van der Waals surface area contributed by atoms with Crippen LogP contribution in [0.3, 0.4) is 0 Å². The molecule has 0 aliphatic heterocycles. The largest absolute Gasteiger partial charge is 0.491 e. The highest BCUT2D eigenvalue weighted by Gasteiger charge is 2.02. The highest BCUT2D eigenvalue weighted by Crippen LogP contribution is 2.15. The van der Waals surface area contributed by atoms with E-state index in [-0.39, 0.29) is 6.54 Å². The second kappa shape index (κ2) is 9.35. The predicted molar refractivity (Wildman–Crippen MR) is 78.1 cm³/mol.